The van der Waals surface area contributed by atoms with Crippen LogP contribution in [0.3, 0.4) is 0 Å². The van der Waals surface area contributed by atoms with Crippen LogP contribution >= 0.6 is 11.6 Å². The number of hydrogen-bond acceptors (Lipinski definition) is 2. The minimum atomic E-state index is -0.587. The molecule has 2 atom stereocenters. The van der Waals surface area contributed by atoms with Crippen molar-refractivity contribution < 1.29 is 9.90 Å². The summed E-state index contributed by atoms with van der Waals surface area (Å²) in [4.78, 5) is 12.2. The molecule has 0 radical (unpaired) electrons. The van der Waals surface area contributed by atoms with Crippen molar-refractivity contribution in [1.29, 1.82) is 0 Å². The van der Waals surface area contributed by atoms with Crippen LogP contribution in [0.1, 0.15) is 27.5 Å². The average Bonchev–Trinajstić information content (AvgIpc) is 2.75. The largest absolute Gasteiger partial charge is 0.390 e. The molecule has 0 fully saturated rings. The normalized spacial score (nSPS) is 20.5. The van der Waals surface area contributed by atoms with Gasteiger partial charge in [0.2, 0.25) is 0 Å². The molecule has 102 valence electrons. The predicted octanol–water partition coefficient (Wildman–Crippen LogP) is 2.73. The van der Waals surface area contributed by atoms with Gasteiger partial charge in [0.25, 0.3) is 5.91 Å². The summed E-state index contributed by atoms with van der Waals surface area (Å²) < 4.78 is 0. The number of carbonyl (C=O) groups excluding carboxylic acids is 1. The van der Waals surface area contributed by atoms with Crippen molar-refractivity contribution in [3.63, 3.8) is 0 Å². The van der Waals surface area contributed by atoms with Gasteiger partial charge in [0.1, 0.15) is 0 Å². The molecule has 0 aliphatic heterocycles. The van der Waals surface area contributed by atoms with Gasteiger partial charge in [-0.1, -0.05) is 41.9 Å². The van der Waals surface area contributed by atoms with E-state index < -0.39 is 6.10 Å². The Morgan fingerprint density at radius 1 is 1.20 bits per heavy atom. The molecule has 4 heteroatoms. The SMILES string of the molecule is O=C(N[C@H]1c2ccccc2C[C@H]1O)c1cccc(Cl)c1. The molecule has 0 aromatic heterocycles. The molecule has 3 nitrogen and oxygen atoms in total. The molecule has 2 aromatic carbocycles. The lowest BCUT2D eigenvalue weighted by atomic mass is 10.1. The third kappa shape index (κ3) is 2.42. The maximum Gasteiger partial charge on any atom is 0.251 e. The molecule has 0 spiro atoms. The fourth-order valence-electron chi connectivity index (χ4n) is 2.60. The van der Waals surface area contributed by atoms with Crippen LogP contribution in [0.5, 0.6) is 0 Å². The monoisotopic (exact) mass is 287 g/mol. The number of halogens is 1. The van der Waals surface area contributed by atoms with Crippen molar-refractivity contribution >= 4 is 17.5 Å². The van der Waals surface area contributed by atoms with Crippen molar-refractivity contribution in [2.75, 3.05) is 0 Å². The van der Waals surface area contributed by atoms with Gasteiger partial charge in [-0.25, -0.2) is 0 Å². The number of carbonyl (C=O) groups is 1. The smallest absolute Gasteiger partial charge is 0.251 e. The lowest BCUT2D eigenvalue weighted by Crippen LogP contribution is -2.33. The van der Waals surface area contributed by atoms with Crippen LogP contribution in [-0.4, -0.2) is 17.1 Å². The summed E-state index contributed by atoms with van der Waals surface area (Å²) in [6, 6.07) is 14.2. The van der Waals surface area contributed by atoms with Crippen molar-refractivity contribution in [2.45, 2.75) is 18.6 Å². The Hall–Kier alpha value is -1.84. The van der Waals surface area contributed by atoms with E-state index in [0.29, 0.717) is 17.0 Å². The fraction of sp³-hybridized carbons (Fsp3) is 0.188. The number of rotatable bonds is 2. The van der Waals surface area contributed by atoms with E-state index in [-0.39, 0.29) is 11.9 Å². The summed E-state index contributed by atoms with van der Waals surface area (Å²) in [5.41, 5.74) is 2.56. The molecule has 0 heterocycles. The Balaban J connectivity index is 1.83. The standard InChI is InChI=1S/C16H14ClNO2/c17-12-6-3-5-11(8-12)16(20)18-15-13-7-2-1-4-10(13)9-14(15)19/h1-8,14-15,19H,9H2,(H,18,20)/t14-,15+/m1/s1. The third-order valence-electron chi connectivity index (χ3n) is 3.58. The second-order valence-corrected chi connectivity index (χ2v) is 5.37. The molecule has 0 unspecified atom stereocenters. The number of hydrogen-bond donors (Lipinski definition) is 2. The zero-order valence-corrected chi connectivity index (χ0v) is 11.5. The zero-order valence-electron chi connectivity index (χ0n) is 10.7. The van der Waals surface area contributed by atoms with Gasteiger partial charge in [0, 0.05) is 17.0 Å². The lowest BCUT2D eigenvalue weighted by molar-refractivity contribution is 0.0858. The van der Waals surface area contributed by atoms with Gasteiger partial charge in [0.05, 0.1) is 12.1 Å². The Morgan fingerprint density at radius 3 is 2.80 bits per heavy atom. The number of benzene rings is 2. The first-order valence-corrected chi connectivity index (χ1v) is 6.85. The van der Waals surface area contributed by atoms with Crippen LogP contribution in [0.15, 0.2) is 48.5 Å². The molecule has 1 aliphatic rings. The quantitative estimate of drug-likeness (QED) is 0.892. The van der Waals surface area contributed by atoms with E-state index in [0.717, 1.165) is 11.1 Å². The van der Waals surface area contributed by atoms with E-state index >= 15 is 0 Å². The Kier molecular flexibility index (Phi) is 3.47. The Morgan fingerprint density at radius 2 is 2.00 bits per heavy atom. The number of aliphatic hydroxyl groups excluding tert-OH is 1. The van der Waals surface area contributed by atoms with Crippen LogP contribution in [0.25, 0.3) is 0 Å². The van der Waals surface area contributed by atoms with E-state index in [2.05, 4.69) is 5.32 Å². The number of aliphatic hydroxyl groups is 1. The average molecular weight is 288 g/mol. The summed E-state index contributed by atoms with van der Waals surface area (Å²) in [7, 11) is 0. The number of fused-ring (bicyclic) bond motifs is 1. The Labute approximate surface area is 122 Å². The summed E-state index contributed by atoms with van der Waals surface area (Å²) in [6.07, 6.45) is -0.0213. The van der Waals surface area contributed by atoms with Gasteiger partial charge in [-0.05, 0) is 29.3 Å². The van der Waals surface area contributed by atoms with Crippen molar-refractivity contribution in [1.82, 2.24) is 5.32 Å². The maximum absolute atomic E-state index is 12.2. The highest BCUT2D eigenvalue weighted by Gasteiger charge is 2.31. The van der Waals surface area contributed by atoms with E-state index in [4.69, 9.17) is 11.6 Å². The molecular weight excluding hydrogens is 274 g/mol. The fourth-order valence-corrected chi connectivity index (χ4v) is 2.79. The molecule has 1 aliphatic carbocycles. The first-order chi connectivity index (χ1) is 9.65. The first-order valence-electron chi connectivity index (χ1n) is 6.47. The van der Waals surface area contributed by atoms with Crippen molar-refractivity contribution in [3.8, 4) is 0 Å². The van der Waals surface area contributed by atoms with Gasteiger partial charge >= 0.3 is 0 Å². The van der Waals surface area contributed by atoms with Gasteiger partial charge < -0.3 is 10.4 Å². The van der Waals surface area contributed by atoms with E-state index in [1.165, 1.54) is 0 Å². The van der Waals surface area contributed by atoms with Gasteiger partial charge in [-0.2, -0.15) is 0 Å². The van der Waals surface area contributed by atoms with Gasteiger partial charge in [-0.15, -0.1) is 0 Å². The predicted molar refractivity (Wildman–Crippen MR) is 77.8 cm³/mol. The summed E-state index contributed by atoms with van der Waals surface area (Å²) in [6.45, 7) is 0. The molecule has 0 saturated heterocycles. The molecule has 2 N–H and O–H groups in total. The molecule has 1 amide bonds. The molecular formula is C16H14ClNO2. The maximum atomic E-state index is 12.2. The van der Waals surface area contributed by atoms with Crippen LogP contribution in [0.2, 0.25) is 5.02 Å². The van der Waals surface area contributed by atoms with Crippen molar-refractivity contribution in [2.24, 2.45) is 0 Å². The van der Waals surface area contributed by atoms with E-state index in [1.807, 2.05) is 24.3 Å². The summed E-state index contributed by atoms with van der Waals surface area (Å²) in [5.74, 6) is -0.228. The molecule has 0 bridgehead atoms. The third-order valence-corrected chi connectivity index (χ3v) is 3.81. The molecule has 20 heavy (non-hydrogen) atoms. The number of amides is 1. The van der Waals surface area contributed by atoms with E-state index in [1.54, 1.807) is 24.3 Å². The molecule has 0 saturated carbocycles. The highest BCUT2D eigenvalue weighted by molar-refractivity contribution is 6.30. The van der Waals surface area contributed by atoms with Gasteiger partial charge in [-0.3, -0.25) is 4.79 Å². The van der Waals surface area contributed by atoms with Crippen molar-refractivity contribution in [3.05, 3.63) is 70.2 Å². The van der Waals surface area contributed by atoms with Crippen LogP contribution in [-0.2, 0) is 6.42 Å². The highest BCUT2D eigenvalue weighted by Crippen LogP contribution is 2.31. The van der Waals surface area contributed by atoms with Crippen LogP contribution in [0, 0.1) is 0 Å². The minimum Gasteiger partial charge on any atom is -0.390 e. The summed E-state index contributed by atoms with van der Waals surface area (Å²) >= 11 is 5.89. The number of nitrogens with one attached hydrogen (secondary N) is 1. The van der Waals surface area contributed by atoms with E-state index in [9.17, 15) is 9.90 Å². The van der Waals surface area contributed by atoms with Gasteiger partial charge in [0.15, 0.2) is 0 Å². The first kappa shape index (κ1) is 13.2. The van der Waals surface area contributed by atoms with Crippen LogP contribution < -0.4 is 5.32 Å². The summed E-state index contributed by atoms with van der Waals surface area (Å²) in [5, 5.41) is 13.5. The second kappa shape index (κ2) is 5.27. The topological polar surface area (TPSA) is 49.3 Å². The second-order valence-electron chi connectivity index (χ2n) is 4.93. The lowest BCUT2D eigenvalue weighted by Gasteiger charge is -2.18. The highest BCUT2D eigenvalue weighted by atomic mass is 35.5. The zero-order chi connectivity index (χ0) is 14.1. The molecule has 3 rings (SSSR count). The minimum absolute atomic E-state index is 0.228. The molecule has 2 aromatic rings. The Bertz CT molecular complexity index is 656. The van der Waals surface area contributed by atoms with Crippen LogP contribution in [0.4, 0.5) is 0 Å².